The Bertz CT molecular complexity index is 189. The number of allylic oxidation sites excluding steroid dienone is 3. The van der Waals surface area contributed by atoms with E-state index in [1.165, 1.54) is 23.1 Å². The molecule has 0 unspecified atom stereocenters. The average molecular weight is 139 g/mol. The fourth-order valence-corrected chi connectivity index (χ4v) is 1.05. The van der Waals surface area contributed by atoms with Gasteiger partial charge in [0.25, 0.3) is 0 Å². The van der Waals surface area contributed by atoms with E-state index >= 15 is 0 Å². The Kier molecular flexibility index (Phi) is 2.11. The Morgan fingerprint density at radius 1 is 1.33 bits per heavy atom. The van der Waals surface area contributed by atoms with Gasteiger partial charge in [0, 0.05) is 18.2 Å². The molecule has 0 atom stereocenters. The molecule has 1 rings (SSSR count). The molecule has 0 radical (unpaired) electrons. The van der Waals surface area contributed by atoms with Crippen LogP contribution in [0.1, 0.15) is 13.8 Å². The minimum Gasteiger partial charge on any atom is -0.220 e. The van der Waals surface area contributed by atoms with Gasteiger partial charge in [0.2, 0.25) is 0 Å². The third-order valence-corrected chi connectivity index (χ3v) is 2.00. The van der Waals surface area contributed by atoms with Crippen LogP contribution in [0.3, 0.4) is 0 Å². The minimum atomic E-state index is 1.30. The molecular weight excluding hydrogens is 130 g/mol. The average Bonchev–Trinajstić information content (AvgIpc) is 1.99. The minimum absolute atomic E-state index is 1.30. The first-order valence-electron chi connectivity index (χ1n) is 2.84. The summed E-state index contributed by atoms with van der Waals surface area (Å²) in [6.07, 6.45) is 3.85. The molecule has 0 aromatic heterocycles. The highest BCUT2D eigenvalue weighted by molar-refractivity contribution is 8.01. The molecule has 1 nitrogen and oxygen atoms in total. The van der Waals surface area contributed by atoms with E-state index in [0.29, 0.717) is 0 Å². The van der Waals surface area contributed by atoms with E-state index in [9.17, 15) is 0 Å². The fraction of sp³-hybridized carbons (Fsp3) is 0.286. The van der Waals surface area contributed by atoms with Crippen molar-refractivity contribution in [3.05, 3.63) is 22.6 Å². The van der Waals surface area contributed by atoms with E-state index in [2.05, 4.69) is 23.7 Å². The molecule has 0 saturated carbocycles. The van der Waals surface area contributed by atoms with E-state index in [1.807, 2.05) is 12.3 Å². The predicted molar refractivity (Wildman–Crippen MR) is 43.6 cm³/mol. The first kappa shape index (κ1) is 6.62. The van der Waals surface area contributed by atoms with E-state index in [1.54, 1.807) is 0 Å². The summed E-state index contributed by atoms with van der Waals surface area (Å²) in [4.78, 5) is 0. The zero-order chi connectivity index (χ0) is 6.69. The van der Waals surface area contributed by atoms with E-state index in [-0.39, 0.29) is 0 Å². The maximum atomic E-state index is 4.01. The SMILES string of the molecule is CC1=CC=NSC=C1C. The van der Waals surface area contributed by atoms with Crippen LogP contribution in [0.5, 0.6) is 0 Å². The van der Waals surface area contributed by atoms with Gasteiger partial charge in [-0.3, -0.25) is 0 Å². The molecular formula is C7H9NS. The lowest BCUT2D eigenvalue weighted by Gasteiger charge is -1.93. The third-order valence-electron chi connectivity index (χ3n) is 1.30. The van der Waals surface area contributed by atoms with Gasteiger partial charge in [-0.2, -0.15) is 0 Å². The van der Waals surface area contributed by atoms with Crippen LogP contribution in [0.15, 0.2) is 27.0 Å². The van der Waals surface area contributed by atoms with Crippen molar-refractivity contribution in [1.29, 1.82) is 0 Å². The lowest BCUT2D eigenvalue weighted by Crippen LogP contribution is -1.75. The molecule has 48 valence electrons. The molecule has 0 spiro atoms. The summed E-state index contributed by atoms with van der Waals surface area (Å²) >= 11 is 1.48. The Morgan fingerprint density at radius 3 is 2.89 bits per heavy atom. The maximum Gasteiger partial charge on any atom is 0.0358 e. The lowest BCUT2D eigenvalue weighted by atomic mass is 10.1. The van der Waals surface area contributed by atoms with Gasteiger partial charge in [-0.05, 0) is 36.5 Å². The molecule has 1 aliphatic heterocycles. The largest absolute Gasteiger partial charge is 0.220 e. The van der Waals surface area contributed by atoms with Gasteiger partial charge in [-0.15, -0.1) is 0 Å². The van der Waals surface area contributed by atoms with Crippen LogP contribution in [0, 0.1) is 0 Å². The Hall–Kier alpha value is -0.500. The molecule has 0 aromatic rings. The number of nitrogens with zero attached hydrogens (tertiary/aromatic N) is 1. The van der Waals surface area contributed by atoms with Crippen molar-refractivity contribution in [2.45, 2.75) is 13.8 Å². The van der Waals surface area contributed by atoms with Crippen LogP contribution in [-0.2, 0) is 0 Å². The van der Waals surface area contributed by atoms with Crippen molar-refractivity contribution in [3.8, 4) is 0 Å². The lowest BCUT2D eigenvalue weighted by molar-refractivity contribution is 1.37. The Labute approximate surface area is 59.7 Å². The van der Waals surface area contributed by atoms with Gasteiger partial charge in [0.1, 0.15) is 0 Å². The topological polar surface area (TPSA) is 12.4 Å². The first-order valence-corrected chi connectivity index (χ1v) is 3.67. The zero-order valence-corrected chi connectivity index (χ0v) is 6.40. The normalized spacial score (nSPS) is 18.4. The molecule has 9 heavy (non-hydrogen) atoms. The van der Waals surface area contributed by atoms with Crippen molar-refractivity contribution in [1.82, 2.24) is 0 Å². The highest BCUT2D eigenvalue weighted by atomic mass is 32.2. The van der Waals surface area contributed by atoms with Crippen LogP contribution in [0.25, 0.3) is 0 Å². The molecule has 0 aromatic carbocycles. The molecule has 0 amide bonds. The van der Waals surface area contributed by atoms with Crippen molar-refractivity contribution in [3.63, 3.8) is 0 Å². The molecule has 0 bridgehead atoms. The van der Waals surface area contributed by atoms with Gasteiger partial charge in [0.15, 0.2) is 0 Å². The van der Waals surface area contributed by atoms with Crippen LogP contribution in [0.4, 0.5) is 0 Å². The van der Waals surface area contributed by atoms with Crippen molar-refractivity contribution < 1.29 is 0 Å². The second-order valence-electron chi connectivity index (χ2n) is 2.01. The van der Waals surface area contributed by atoms with E-state index < -0.39 is 0 Å². The van der Waals surface area contributed by atoms with Gasteiger partial charge in [0.05, 0.1) is 0 Å². The smallest absolute Gasteiger partial charge is 0.0358 e. The molecule has 1 aliphatic rings. The molecule has 0 saturated heterocycles. The molecule has 0 N–H and O–H groups in total. The van der Waals surface area contributed by atoms with Gasteiger partial charge >= 0.3 is 0 Å². The molecule has 1 heterocycles. The summed E-state index contributed by atoms with van der Waals surface area (Å²) in [5, 5.41) is 2.05. The summed E-state index contributed by atoms with van der Waals surface area (Å²) < 4.78 is 4.01. The highest BCUT2D eigenvalue weighted by Gasteiger charge is 1.92. The highest BCUT2D eigenvalue weighted by Crippen LogP contribution is 2.16. The van der Waals surface area contributed by atoms with Crippen molar-refractivity contribution >= 4 is 18.2 Å². The van der Waals surface area contributed by atoms with Crippen LogP contribution in [-0.4, -0.2) is 6.21 Å². The third kappa shape index (κ3) is 1.72. The molecule has 2 heteroatoms. The first-order chi connectivity index (χ1) is 4.30. The summed E-state index contributed by atoms with van der Waals surface area (Å²) in [6.45, 7) is 4.18. The summed E-state index contributed by atoms with van der Waals surface area (Å²) in [7, 11) is 0. The number of hydrogen-bond acceptors (Lipinski definition) is 2. The van der Waals surface area contributed by atoms with E-state index in [4.69, 9.17) is 0 Å². The maximum absolute atomic E-state index is 4.01. The van der Waals surface area contributed by atoms with Crippen molar-refractivity contribution in [2.75, 3.05) is 0 Å². The van der Waals surface area contributed by atoms with Gasteiger partial charge < -0.3 is 0 Å². The van der Waals surface area contributed by atoms with Crippen LogP contribution in [0.2, 0.25) is 0 Å². The van der Waals surface area contributed by atoms with Crippen LogP contribution < -0.4 is 0 Å². The summed E-state index contributed by atoms with van der Waals surface area (Å²) in [5.74, 6) is 0. The fourth-order valence-electron chi connectivity index (χ4n) is 0.511. The van der Waals surface area contributed by atoms with Crippen LogP contribution >= 0.6 is 11.9 Å². The second-order valence-corrected chi connectivity index (χ2v) is 2.67. The number of rotatable bonds is 0. The quantitative estimate of drug-likeness (QED) is 0.470. The monoisotopic (exact) mass is 139 g/mol. The van der Waals surface area contributed by atoms with Crippen molar-refractivity contribution in [2.24, 2.45) is 4.40 Å². The molecule has 0 fully saturated rings. The predicted octanol–water partition coefficient (Wildman–Crippen LogP) is 2.57. The zero-order valence-electron chi connectivity index (χ0n) is 5.59. The summed E-state index contributed by atoms with van der Waals surface area (Å²) in [6, 6.07) is 0. The molecule has 0 aliphatic carbocycles. The summed E-state index contributed by atoms with van der Waals surface area (Å²) in [5.41, 5.74) is 2.60. The Balaban J connectivity index is 2.85. The van der Waals surface area contributed by atoms with Gasteiger partial charge in [-0.25, -0.2) is 4.40 Å². The standard InChI is InChI=1S/C7H9NS/c1-6-3-4-8-9-5-7(6)2/h3-5H,1-2H3. The Morgan fingerprint density at radius 2 is 2.11 bits per heavy atom. The number of hydrogen-bond donors (Lipinski definition) is 0. The van der Waals surface area contributed by atoms with E-state index in [0.717, 1.165) is 0 Å². The second kappa shape index (κ2) is 2.87. The van der Waals surface area contributed by atoms with Gasteiger partial charge in [-0.1, -0.05) is 0 Å².